The maximum absolute atomic E-state index is 13.8. The Morgan fingerprint density at radius 1 is 0.895 bits per heavy atom. The molecule has 6 heteroatoms. The van der Waals surface area contributed by atoms with Crippen LogP contribution in [0.3, 0.4) is 0 Å². The van der Waals surface area contributed by atoms with Crippen molar-refractivity contribution in [1.29, 1.82) is 0 Å². The number of halogens is 1. The van der Waals surface area contributed by atoms with Gasteiger partial charge >= 0.3 is 6.09 Å². The number of rotatable bonds is 11. The summed E-state index contributed by atoms with van der Waals surface area (Å²) in [7, 11) is 0. The van der Waals surface area contributed by atoms with Crippen LogP contribution in [0.2, 0.25) is 0 Å². The molecule has 0 aliphatic carbocycles. The van der Waals surface area contributed by atoms with Crippen molar-refractivity contribution in [3.63, 3.8) is 0 Å². The Labute approximate surface area is 224 Å². The van der Waals surface area contributed by atoms with Crippen LogP contribution in [0.4, 0.5) is 9.18 Å². The first-order chi connectivity index (χ1) is 18.4. The molecule has 1 unspecified atom stereocenters. The second kappa shape index (κ2) is 13.0. The van der Waals surface area contributed by atoms with E-state index >= 15 is 0 Å². The first-order valence-corrected chi connectivity index (χ1v) is 13.3. The SMILES string of the molecule is Cc1nc(-c2ccccc2)c(-c2ccccc2)n1CCCCCC(NC(=O)Oc1ccccc1F)C(C)C. The highest BCUT2D eigenvalue weighted by Gasteiger charge is 2.19. The molecular formula is C32H36FN3O2. The molecular weight excluding hydrogens is 477 g/mol. The van der Waals surface area contributed by atoms with Crippen molar-refractivity contribution in [3.05, 3.63) is 96.6 Å². The minimum atomic E-state index is -0.621. The van der Waals surface area contributed by atoms with Crippen molar-refractivity contribution < 1.29 is 13.9 Å². The molecule has 0 fully saturated rings. The smallest absolute Gasteiger partial charge is 0.407 e. The Hall–Kier alpha value is -3.93. The molecule has 1 heterocycles. The Morgan fingerprint density at radius 3 is 2.18 bits per heavy atom. The second-order valence-electron chi connectivity index (χ2n) is 9.90. The fourth-order valence-electron chi connectivity index (χ4n) is 4.72. The summed E-state index contributed by atoms with van der Waals surface area (Å²) in [5.41, 5.74) is 4.42. The average molecular weight is 514 g/mol. The van der Waals surface area contributed by atoms with Crippen molar-refractivity contribution in [1.82, 2.24) is 14.9 Å². The van der Waals surface area contributed by atoms with E-state index in [-0.39, 0.29) is 17.7 Å². The van der Waals surface area contributed by atoms with E-state index in [2.05, 4.69) is 67.1 Å². The number of ether oxygens (including phenoxy) is 1. The van der Waals surface area contributed by atoms with Gasteiger partial charge in [-0.2, -0.15) is 0 Å². The summed E-state index contributed by atoms with van der Waals surface area (Å²) in [5.74, 6) is 0.619. The molecule has 0 saturated carbocycles. The summed E-state index contributed by atoms with van der Waals surface area (Å²) in [4.78, 5) is 17.3. The van der Waals surface area contributed by atoms with Gasteiger partial charge in [0.1, 0.15) is 5.82 Å². The van der Waals surface area contributed by atoms with Crippen molar-refractivity contribution in [2.45, 2.75) is 59.0 Å². The van der Waals surface area contributed by atoms with Gasteiger partial charge in [-0.05, 0) is 37.8 Å². The van der Waals surface area contributed by atoms with E-state index in [1.54, 1.807) is 12.1 Å². The fraction of sp³-hybridized carbons (Fsp3) is 0.312. The number of carbonyl (C=O) groups is 1. The molecule has 0 saturated heterocycles. The van der Waals surface area contributed by atoms with Crippen molar-refractivity contribution in [2.75, 3.05) is 0 Å². The zero-order chi connectivity index (χ0) is 26.9. The van der Waals surface area contributed by atoms with Crippen LogP contribution in [0.25, 0.3) is 22.5 Å². The third-order valence-corrected chi connectivity index (χ3v) is 6.80. The summed E-state index contributed by atoms with van der Waals surface area (Å²) in [6.07, 6.45) is 3.18. The number of nitrogens with one attached hydrogen (secondary N) is 1. The molecule has 4 aromatic rings. The second-order valence-corrected chi connectivity index (χ2v) is 9.90. The number of unbranched alkanes of at least 4 members (excludes halogenated alkanes) is 2. The highest BCUT2D eigenvalue weighted by atomic mass is 19.1. The number of imidazole rings is 1. The lowest BCUT2D eigenvalue weighted by Crippen LogP contribution is -2.40. The summed E-state index contributed by atoms with van der Waals surface area (Å²) in [6, 6.07) is 26.6. The van der Waals surface area contributed by atoms with Gasteiger partial charge in [0, 0.05) is 23.7 Å². The third kappa shape index (κ3) is 6.88. The van der Waals surface area contributed by atoms with Crippen molar-refractivity contribution in [2.24, 2.45) is 5.92 Å². The van der Waals surface area contributed by atoms with Crippen molar-refractivity contribution in [3.8, 4) is 28.3 Å². The Bertz CT molecular complexity index is 1320. The van der Waals surface area contributed by atoms with Crippen LogP contribution in [-0.2, 0) is 6.54 Å². The normalized spacial score (nSPS) is 11.9. The molecule has 0 radical (unpaired) electrons. The number of amides is 1. The first-order valence-electron chi connectivity index (χ1n) is 13.3. The van der Waals surface area contributed by atoms with E-state index in [1.165, 1.54) is 12.1 Å². The Balaban J connectivity index is 1.36. The van der Waals surface area contributed by atoms with Crippen LogP contribution in [-0.4, -0.2) is 21.7 Å². The molecule has 0 aliphatic heterocycles. The molecule has 1 atom stereocenters. The van der Waals surface area contributed by atoms with Crippen LogP contribution >= 0.6 is 0 Å². The lowest BCUT2D eigenvalue weighted by molar-refractivity contribution is 0.188. The zero-order valence-corrected chi connectivity index (χ0v) is 22.4. The van der Waals surface area contributed by atoms with Crippen LogP contribution in [0, 0.1) is 18.7 Å². The van der Waals surface area contributed by atoms with E-state index < -0.39 is 11.9 Å². The molecule has 0 spiro atoms. The van der Waals surface area contributed by atoms with E-state index in [0.717, 1.165) is 60.6 Å². The van der Waals surface area contributed by atoms with Gasteiger partial charge < -0.3 is 14.6 Å². The summed E-state index contributed by atoms with van der Waals surface area (Å²) >= 11 is 0. The fourth-order valence-corrected chi connectivity index (χ4v) is 4.72. The quantitative estimate of drug-likeness (QED) is 0.207. The molecule has 4 rings (SSSR count). The number of hydrogen-bond donors (Lipinski definition) is 1. The summed E-state index contributed by atoms with van der Waals surface area (Å²) in [6.45, 7) is 7.07. The molecule has 1 amide bonds. The van der Waals surface area contributed by atoms with Gasteiger partial charge in [0.15, 0.2) is 11.6 Å². The molecule has 1 aromatic heterocycles. The molecule has 0 aliphatic rings. The van der Waals surface area contributed by atoms with Crippen LogP contribution in [0.5, 0.6) is 5.75 Å². The minimum absolute atomic E-state index is 0.0474. The zero-order valence-electron chi connectivity index (χ0n) is 22.4. The van der Waals surface area contributed by atoms with Gasteiger partial charge in [0.05, 0.1) is 11.4 Å². The van der Waals surface area contributed by atoms with Crippen LogP contribution in [0.1, 0.15) is 45.4 Å². The number of para-hydroxylation sites is 1. The number of nitrogens with zero attached hydrogens (tertiary/aromatic N) is 2. The molecule has 38 heavy (non-hydrogen) atoms. The molecule has 1 N–H and O–H groups in total. The monoisotopic (exact) mass is 513 g/mol. The molecule has 5 nitrogen and oxygen atoms in total. The van der Waals surface area contributed by atoms with Gasteiger partial charge in [-0.15, -0.1) is 0 Å². The van der Waals surface area contributed by atoms with E-state index in [4.69, 9.17) is 9.72 Å². The standard InChI is InChI=1S/C32H36FN3O2/c1-23(2)28(35-32(37)38-29-21-13-12-19-27(29)33)20-11-6-14-22-36-24(3)34-30(25-15-7-4-8-16-25)31(36)26-17-9-5-10-18-26/h4-5,7-10,12-13,15-19,21,23,28H,6,11,14,20,22H2,1-3H3,(H,35,37). The van der Waals surface area contributed by atoms with Gasteiger partial charge in [-0.1, -0.05) is 99.5 Å². The van der Waals surface area contributed by atoms with Gasteiger partial charge in [0.2, 0.25) is 0 Å². The molecule has 0 bridgehead atoms. The number of aryl methyl sites for hydroxylation is 1. The van der Waals surface area contributed by atoms with Crippen LogP contribution in [0.15, 0.2) is 84.9 Å². The third-order valence-electron chi connectivity index (χ3n) is 6.80. The van der Waals surface area contributed by atoms with E-state index in [9.17, 15) is 9.18 Å². The Morgan fingerprint density at radius 2 is 1.53 bits per heavy atom. The highest BCUT2D eigenvalue weighted by molar-refractivity contribution is 5.79. The largest absolute Gasteiger partial charge is 0.412 e. The van der Waals surface area contributed by atoms with Crippen LogP contribution < -0.4 is 10.1 Å². The van der Waals surface area contributed by atoms with Crippen molar-refractivity contribution >= 4 is 6.09 Å². The average Bonchev–Trinajstić information content (AvgIpc) is 3.26. The first kappa shape index (κ1) is 27.1. The maximum Gasteiger partial charge on any atom is 0.412 e. The summed E-state index contributed by atoms with van der Waals surface area (Å²) < 4.78 is 21.3. The molecule has 198 valence electrons. The minimum Gasteiger partial charge on any atom is -0.407 e. The predicted molar refractivity (Wildman–Crippen MR) is 150 cm³/mol. The maximum atomic E-state index is 13.8. The van der Waals surface area contributed by atoms with Gasteiger partial charge in [-0.25, -0.2) is 14.2 Å². The topological polar surface area (TPSA) is 56.2 Å². The lowest BCUT2D eigenvalue weighted by atomic mass is 9.98. The van der Waals surface area contributed by atoms with Gasteiger partial charge in [-0.3, -0.25) is 0 Å². The molecule has 3 aromatic carbocycles. The van der Waals surface area contributed by atoms with Gasteiger partial charge in [0.25, 0.3) is 0 Å². The highest BCUT2D eigenvalue weighted by Crippen LogP contribution is 2.33. The Kier molecular flexibility index (Phi) is 9.30. The van der Waals surface area contributed by atoms with E-state index in [1.807, 2.05) is 24.3 Å². The predicted octanol–water partition coefficient (Wildman–Crippen LogP) is 8.04. The number of carbonyl (C=O) groups excluding carboxylic acids is 1. The number of hydrogen-bond acceptors (Lipinski definition) is 3. The number of aromatic nitrogens is 2. The van der Waals surface area contributed by atoms with E-state index in [0.29, 0.717) is 0 Å². The number of benzene rings is 3. The lowest BCUT2D eigenvalue weighted by Gasteiger charge is -2.22. The summed E-state index contributed by atoms with van der Waals surface area (Å²) in [5, 5.41) is 2.92.